The van der Waals surface area contributed by atoms with Gasteiger partial charge in [0.2, 0.25) is 0 Å². The number of carbonyl (C=O) groups is 1. The predicted molar refractivity (Wildman–Crippen MR) is 68.4 cm³/mol. The molecule has 0 aromatic carbocycles. The Morgan fingerprint density at radius 3 is 2.55 bits per heavy atom. The Labute approximate surface area is 128 Å². The number of carboxylic acid groups (broad SMARTS) is 1. The van der Waals surface area contributed by atoms with E-state index < -0.39 is 38.9 Å². The number of aliphatic carboxylic acids is 1. The van der Waals surface area contributed by atoms with Crippen molar-refractivity contribution in [1.82, 2.24) is 0 Å². The minimum absolute atomic E-state index is 0.00532. The molecule has 0 fully saturated rings. The maximum atomic E-state index is 12.6. The van der Waals surface area contributed by atoms with Crippen LogP contribution < -0.4 is 21.2 Å². The zero-order valence-corrected chi connectivity index (χ0v) is 13.6. The number of carboxylic acids is 1. The number of thioether (sulfide) groups is 1. The van der Waals surface area contributed by atoms with Crippen molar-refractivity contribution in [1.29, 1.82) is 5.41 Å². The molecule has 1 heterocycles. The van der Waals surface area contributed by atoms with Crippen LogP contribution in [0.2, 0.25) is 0 Å². The van der Waals surface area contributed by atoms with Crippen molar-refractivity contribution in [3.63, 3.8) is 0 Å². The van der Waals surface area contributed by atoms with Gasteiger partial charge in [-0.2, -0.15) is 0 Å². The summed E-state index contributed by atoms with van der Waals surface area (Å²) >= 11 is 0.237. The van der Waals surface area contributed by atoms with Crippen LogP contribution in [0.3, 0.4) is 0 Å². The first-order valence-electron chi connectivity index (χ1n) is 5.38. The van der Waals surface area contributed by atoms with E-state index in [1.54, 1.807) is 6.92 Å². The number of hydrogen-bond donors (Lipinski definition) is 2. The van der Waals surface area contributed by atoms with Crippen molar-refractivity contribution in [2.75, 3.05) is 4.43 Å². The van der Waals surface area contributed by atoms with Crippen LogP contribution in [0.4, 0.5) is 13.2 Å². The molecule has 0 bridgehead atoms. The van der Waals surface area contributed by atoms with Gasteiger partial charge < -0.3 is 0 Å². The average Bonchev–Trinajstić information content (AvgIpc) is 2.36. The van der Waals surface area contributed by atoms with E-state index in [1.165, 1.54) is 6.92 Å². The molecule has 1 aliphatic rings. The molecule has 0 unspecified atom stereocenters. The van der Waals surface area contributed by atoms with Crippen LogP contribution in [-0.4, -0.2) is 26.7 Å². The van der Waals surface area contributed by atoms with E-state index in [0.29, 0.717) is 12.9 Å². The van der Waals surface area contributed by atoms with Crippen molar-refractivity contribution in [3.05, 3.63) is 31.8 Å². The van der Waals surface area contributed by atoms with Crippen molar-refractivity contribution < 1.29 is 44.3 Å². The third kappa shape index (κ3) is 4.65. The number of halogens is 4. The van der Waals surface area contributed by atoms with Gasteiger partial charge in [0, 0.05) is 0 Å². The number of allylic oxidation sites excluding steroid dienone is 4. The Morgan fingerprint density at radius 1 is 1.45 bits per heavy atom. The monoisotopic (exact) mass is 418 g/mol. The van der Waals surface area contributed by atoms with Gasteiger partial charge in [0.15, 0.2) is 0 Å². The summed E-state index contributed by atoms with van der Waals surface area (Å²) in [6.07, 6.45) is -2.24. The fourth-order valence-electron chi connectivity index (χ4n) is 1.19. The first-order chi connectivity index (χ1) is 9.12. The second-order valence-corrected chi connectivity index (χ2v) is 7.89. The van der Waals surface area contributed by atoms with Crippen LogP contribution >= 0.6 is 11.8 Å². The molecule has 1 aliphatic heterocycles. The summed E-state index contributed by atoms with van der Waals surface area (Å²) in [5.74, 6) is -1.09. The Balaban J connectivity index is 2.89. The van der Waals surface area contributed by atoms with Crippen LogP contribution in [0.15, 0.2) is 31.8 Å². The van der Waals surface area contributed by atoms with E-state index in [1.807, 2.05) is 0 Å². The third-order valence-electron chi connectivity index (χ3n) is 2.45. The molecule has 20 heavy (non-hydrogen) atoms. The molecule has 0 radical (unpaired) electrons. The molecule has 8 heteroatoms. The van der Waals surface area contributed by atoms with E-state index in [-0.39, 0.29) is 10.6 Å². The van der Waals surface area contributed by atoms with Gasteiger partial charge >= 0.3 is 129 Å². The molecule has 1 rings (SSSR count). The zero-order chi connectivity index (χ0) is 15.5. The third-order valence-corrected chi connectivity index (χ3v) is 6.40. The summed E-state index contributed by atoms with van der Waals surface area (Å²) in [6, 6.07) is 0. The van der Waals surface area contributed by atoms with Crippen LogP contribution in [0.5, 0.6) is 0 Å². The van der Waals surface area contributed by atoms with Gasteiger partial charge in [-0.1, -0.05) is 0 Å². The van der Waals surface area contributed by atoms with Crippen LogP contribution in [-0.2, 0) is 4.79 Å². The number of nitrogens with one attached hydrogen (secondary N) is 1. The summed E-state index contributed by atoms with van der Waals surface area (Å²) in [7, 11) is 0. The van der Waals surface area contributed by atoms with Gasteiger partial charge in [-0.3, -0.25) is 0 Å². The van der Waals surface area contributed by atoms with Crippen molar-refractivity contribution >= 4 is 22.8 Å². The molecule has 0 saturated carbocycles. The molecular formula is C12H12F3INO2S-. The summed E-state index contributed by atoms with van der Waals surface area (Å²) in [5, 5.41) is 16.7. The zero-order valence-electron chi connectivity index (χ0n) is 10.6. The molecule has 0 aromatic heterocycles. The van der Waals surface area contributed by atoms with Crippen molar-refractivity contribution in [2.45, 2.75) is 20.0 Å². The van der Waals surface area contributed by atoms with Gasteiger partial charge in [-0.25, -0.2) is 0 Å². The molecule has 0 saturated heterocycles. The summed E-state index contributed by atoms with van der Waals surface area (Å²) < 4.78 is 38.6. The Kier molecular flexibility index (Phi) is 5.87. The van der Waals surface area contributed by atoms with Gasteiger partial charge in [0.05, 0.1) is 0 Å². The summed E-state index contributed by atoms with van der Waals surface area (Å²) in [5.41, 5.74) is -0.624. The molecule has 3 nitrogen and oxygen atoms in total. The number of rotatable bonds is 3. The van der Waals surface area contributed by atoms with Gasteiger partial charge in [-0.15, -0.1) is 0 Å². The van der Waals surface area contributed by atoms with Gasteiger partial charge in [-0.05, 0) is 0 Å². The van der Waals surface area contributed by atoms with Crippen LogP contribution in [0.1, 0.15) is 13.8 Å². The van der Waals surface area contributed by atoms with Crippen molar-refractivity contribution in [3.8, 4) is 0 Å². The van der Waals surface area contributed by atoms with E-state index in [2.05, 4.69) is 0 Å². The fourth-order valence-corrected chi connectivity index (χ4v) is 4.66. The van der Waals surface area contributed by atoms with E-state index in [4.69, 9.17) is 10.5 Å². The maximum absolute atomic E-state index is 12.6. The molecule has 0 atom stereocenters. The molecule has 0 amide bonds. The van der Waals surface area contributed by atoms with Gasteiger partial charge in [0.25, 0.3) is 0 Å². The first-order valence-corrected chi connectivity index (χ1v) is 8.80. The molecule has 0 aromatic rings. The predicted octanol–water partition coefficient (Wildman–Crippen LogP) is 0.551. The second-order valence-electron chi connectivity index (χ2n) is 3.85. The molecule has 0 spiro atoms. The van der Waals surface area contributed by atoms with E-state index >= 15 is 0 Å². The topological polar surface area (TPSA) is 61.2 Å². The normalized spacial score (nSPS) is 17.4. The Hall–Kier alpha value is -0.770. The van der Waals surface area contributed by atoms with E-state index in [9.17, 15) is 18.0 Å². The molecule has 0 aliphatic carbocycles. The summed E-state index contributed by atoms with van der Waals surface area (Å²) in [6.45, 7) is 2.95. The Morgan fingerprint density at radius 2 is 2.05 bits per heavy atom. The standard InChI is InChI=1S/C12H12F3INO2S/c1-6(11(18)19)7(2)20-10(17)9-5-8(3-4-16-9)12(13,14)15/h3,5,17H,4H2,1-2H3,(H,18,19)/q-1/b7-6+,17-10?. The molecule has 2 N–H and O–H groups in total. The average molecular weight is 418 g/mol. The van der Waals surface area contributed by atoms with Crippen LogP contribution in [0, 0.1) is 5.41 Å². The summed E-state index contributed by atoms with van der Waals surface area (Å²) in [4.78, 5) is 11.2. The van der Waals surface area contributed by atoms with E-state index in [0.717, 1.165) is 23.9 Å². The minimum atomic E-state index is -4.40. The number of alkyl halides is 4. The molecule has 112 valence electrons. The Bertz CT molecular complexity index is 535. The molecular weight excluding hydrogens is 406 g/mol. The fraction of sp³-hybridized carbons (Fsp3) is 0.333. The SMILES string of the molecule is C/C(SC(=N)C1=CC(C(F)(F)F)=CC[I-]1)=C(/C)C(=O)O. The number of hydrogen-bond acceptors (Lipinski definition) is 3. The van der Waals surface area contributed by atoms with Crippen LogP contribution in [0.25, 0.3) is 0 Å². The first kappa shape index (κ1) is 17.3. The quantitative estimate of drug-likeness (QED) is 0.232. The second kappa shape index (κ2) is 6.79. The van der Waals surface area contributed by atoms with Gasteiger partial charge in [0.1, 0.15) is 0 Å². The van der Waals surface area contributed by atoms with Crippen molar-refractivity contribution in [2.24, 2.45) is 0 Å².